The molecule has 1 amide bonds. The molecule has 0 saturated heterocycles. The van der Waals surface area contributed by atoms with E-state index < -0.39 is 35.2 Å². The van der Waals surface area contributed by atoms with Gasteiger partial charge in [-0.15, -0.1) is 0 Å². The first-order chi connectivity index (χ1) is 12.2. The molecule has 5 nitrogen and oxygen atoms in total. The summed E-state index contributed by atoms with van der Waals surface area (Å²) in [6.07, 6.45) is -1.03. The van der Waals surface area contributed by atoms with Crippen LogP contribution in [0.25, 0.3) is 0 Å². The van der Waals surface area contributed by atoms with E-state index in [1.54, 1.807) is 18.2 Å². The smallest absolute Gasteiger partial charge is 0.340 e. The van der Waals surface area contributed by atoms with Gasteiger partial charge >= 0.3 is 5.97 Å². The molecule has 0 radical (unpaired) electrons. The molecule has 0 fully saturated rings. The normalized spacial score (nSPS) is 11.6. The van der Waals surface area contributed by atoms with Crippen LogP contribution in [0.2, 0.25) is 5.02 Å². The summed E-state index contributed by atoms with van der Waals surface area (Å²) in [6.45, 7) is 3.27. The highest BCUT2D eigenvalue weighted by molar-refractivity contribution is 6.32. The first kappa shape index (κ1) is 19.7. The number of ether oxygens (including phenoxy) is 2. The van der Waals surface area contributed by atoms with Crippen molar-refractivity contribution < 1.29 is 27.8 Å². The van der Waals surface area contributed by atoms with E-state index in [-0.39, 0.29) is 5.69 Å². The van der Waals surface area contributed by atoms with E-state index in [9.17, 15) is 18.4 Å². The third-order valence-electron chi connectivity index (χ3n) is 3.48. The van der Waals surface area contributed by atoms with E-state index >= 15 is 0 Å². The van der Waals surface area contributed by atoms with Gasteiger partial charge in [0.2, 0.25) is 0 Å². The van der Waals surface area contributed by atoms with Crippen molar-refractivity contribution in [2.45, 2.75) is 20.0 Å². The molecule has 2 aromatic carbocycles. The number of methoxy groups -OCH3 is 1. The Labute approximate surface area is 153 Å². The number of aryl methyl sites for hydroxylation is 1. The van der Waals surface area contributed by atoms with Crippen LogP contribution in [0.1, 0.15) is 22.8 Å². The molecule has 0 saturated carbocycles. The lowest BCUT2D eigenvalue weighted by molar-refractivity contribution is -0.122. The highest BCUT2D eigenvalue weighted by atomic mass is 35.5. The van der Waals surface area contributed by atoms with Gasteiger partial charge < -0.3 is 14.8 Å². The van der Waals surface area contributed by atoms with Gasteiger partial charge in [-0.25, -0.2) is 13.6 Å². The van der Waals surface area contributed by atoms with Gasteiger partial charge in [-0.2, -0.15) is 0 Å². The van der Waals surface area contributed by atoms with Gasteiger partial charge in [0, 0.05) is 6.07 Å². The van der Waals surface area contributed by atoms with Crippen LogP contribution < -0.4 is 10.1 Å². The Morgan fingerprint density at radius 3 is 2.50 bits per heavy atom. The lowest BCUT2D eigenvalue weighted by Gasteiger charge is -2.16. The SMILES string of the molecule is COC(=O)c1cc(NC(=O)C(C)Oc2cc(C)ccc2Cl)c(F)cc1F. The fourth-order valence-corrected chi connectivity index (χ4v) is 2.25. The van der Waals surface area contributed by atoms with Crippen molar-refractivity contribution >= 4 is 29.2 Å². The van der Waals surface area contributed by atoms with E-state index in [4.69, 9.17) is 16.3 Å². The van der Waals surface area contributed by atoms with Crippen molar-refractivity contribution in [2.24, 2.45) is 0 Å². The maximum absolute atomic E-state index is 13.9. The van der Waals surface area contributed by atoms with Crippen LogP contribution in [0.15, 0.2) is 30.3 Å². The lowest BCUT2D eigenvalue weighted by atomic mass is 10.1. The number of carbonyl (C=O) groups excluding carboxylic acids is 2. The molecule has 138 valence electrons. The second-order valence-electron chi connectivity index (χ2n) is 5.49. The molecule has 1 atom stereocenters. The predicted molar refractivity (Wildman–Crippen MR) is 92.6 cm³/mol. The van der Waals surface area contributed by atoms with Gasteiger partial charge in [-0.3, -0.25) is 4.79 Å². The highest BCUT2D eigenvalue weighted by Gasteiger charge is 2.21. The highest BCUT2D eigenvalue weighted by Crippen LogP contribution is 2.27. The predicted octanol–water partition coefficient (Wildman–Crippen LogP) is 4.12. The number of hydrogen-bond acceptors (Lipinski definition) is 4. The number of benzene rings is 2. The molecule has 26 heavy (non-hydrogen) atoms. The zero-order chi connectivity index (χ0) is 19.4. The number of anilines is 1. The van der Waals surface area contributed by atoms with Crippen LogP contribution in [0, 0.1) is 18.6 Å². The number of halogens is 3. The molecule has 0 heterocycles. The van der Waals surface area contributed by atoms with E-state index in [1.165, 1.54) is 6.92 Å². The van der Waals surface area contributed by atoms with Crippen LogP contribution in [0.5, 0.6) is 5.75 Å². The molecule has 8 heteroatoms. The van der Waals surface area contributed by atoms with Crippen LogP contribution in [-0.2, 0) is 9.53 Å². The summed E-state index contributed by atoms with van der Waals surface area (Å²) >= 11 is 6.01. The standard InChI is InChI=1S/C18H16ClF2NO4/c1-9-4-5-12(19)16(6-9)26-10(2)17(23)22-15-7-11(18(24)25-3)13(20)8-14(15)21/h4-8,10H,1-3H3,(H,22,23). The first-order valence-electron chi connectivity index (χ1n) is 7.54. The van der Waals surface area contributed by atoms with E-state index in [2.05, 4.69) is 10.1 Å². The van der Waals surface area contributed by atoms with Gasteiger partial charge in [-0.1, -0.05) is 17.7 Å². The maximum atomic E-state index is 13.9. The molecular weight excluding hydrogens is 368 g/mol. The molecule has 1 unspecified atom stereocenters. The van der Waals surface area contributed by atoms with Crippen molar-refractivity contribution in [3.05, 3.63) is 58.1 Å². The summed E-state index contributed by atoms with van der Waals surface area (Å²) in [5.74, 6) is -3.53. The maximum Gasteiger partial charge on any atom is 0.340 e. The minimum absolute atomic E-state index is 0.296. The Morgan fingerprint density at radius 2 is 1.85 bits per heavy atom. The Kier molecular flexibility index (Phi) is 6.15. The fraction of sp³-hybridized carbons (Fsp3) is 0.222. The average Bonchev–Trinajstić information content (AvgIpc) is 2.59. The van der Waals surface area contributed by atoms with Crippen molar-refractivity contribution in [3.63, 3.8) is 0 Å². The van der Waals surface area contributed by atoms with Gasteiger partial charge in [0.25, 0.3) is 5.91 Å². The number of esters is 1. The topological polar surface area (TPSA) is 64.6 Å². The van der Waals surface area contributed by atoms with Gasteiger partial charge in [0.05, 0.1) is 23.4 Å². The van der Waals surface area contributed by atoms with Crippen LogP contribution in [0.4, 0.5) is 14.5 Å². The third-order valence-corrected chi connectivity index (χ3v) is 3.79. The van der Waals surface area contributed by atoms with Crippen LogP contribution >= 0.6 is 11.6 Å². The summed E-state index contributed by atoms with van der Waals surface area (Å²) in [5, 5.41) is 2.57. The van der Waals surface area contributed by atoms with E-state index in [0.717, 1.165) is 18.7 Å². The van der Waals surface area contributed by atoms with Crippen molar-refractivity contribution in [1.82, 2.24) is 0 Å². The number of amides is 1. The lowest BCUT2D eigenvalue weighted by Crippen LogP contribution is -2.30. The summed E-state index contributed by atoms with van der Waals surface area (Å²) in [7, 11) is 1.06. The van der Waals surface area contributed by atoms with E-state index in [1.807, 2.05) is 6.92 Å². The monoisotopic (exact) mass is 383 g/mol. The largest absolute Gasteiger partial charge is 0.479 e. The van der Waals surface area contributed by atoms with Crippen LogP contribution in [0.3, 0.4) is 0 Å². The first-order valence-corrected chi connectivity index (χ1v) is 7.91. The summed E-state index contributed by atoms with van der Waals surface area (Å²) in [6, 6.07) is 6.41. The van der Waals surface area contributed by atoms with E-state index in [0.29, 0.717) is 16.8 Å². The zero-order valence-electron chi connectivity index (χ0n) is 14.2. The molecular formula is C18H16ClF2NO4. The molecule has 1 N–H and O–H groups in total. The summed E-state index contributed by atoms with van der Waals surface area (Å²) in [4.78, 5) is 23.7. The third kappa shape index (κ3) is 4.49. The molecule has 2 aromatic rings. The molecule has 0 spiro atoms. The van der Waals surface area contributed by atoms with Crippen molar-refractivity contribution in [2.75, 3.05) is 12.4 Å². The Hall–Kier alpha value is -2.67. The number of hydrogen-bond donors (Lipinski definition) is 1. The van der Waals surface area contributed by atoms with Gasteiger partial charge in [0.1, 0.15) is 17.4 Å². The second-order valence-corrected chi connectivity index (χ2v) is 5.89. The van der Waals surface area contributed by atoms with Gasteiger partial charge in [0.15, 0.2) is 6.10 Å². The Morgan fingerprint density at radius 1 is 1.15 bits per heavy atom. The van der Waals surface area contributed by atoms with Crippen molar-refractivity contribution in [3.8, 4) is 5.75 Å². The number of nitrogens with one attached hydrogen (secondary N) is 1. The summed E-state index contributed by atoms with van der Waals surface area (Å²) < 4.78 is 37.4. The molecule has 0 aliphatic heterocycles. The number of rotatable bonds is 5. The molecule has 0 aliphatic rings. The molecule has 2 rings (SSSR count). The zero-order valence-corrected chi connectivity index (χ0v) is 15.0. The average molecular weight is 384 g/mol. The molecule has 0 aliphatic carbocycles. The quantitative estimate of drug-likeness (QED) is 0.789. The number of carbonyl (C=O) groups is 2. The van der Waals surface area contributed by atoms with Crippen molar-refractivity contribution in [1.29, 1.82) is 0 Å². The minimum Gasteiger partial charge on any atom is -0.479 e. The second kappa shape index (κ2) is 8.14. The minimum atomic E-state index is -1.09. The van der Waals surface area contributed by atoms with Crippen LogP contribution in [-0.4, -0.2) is 25.1 Å². The van der Waals surface area contributed by atoms with Gasteiger partial charge in [-0.05, 0) is 37.6 Å². The molecule has 0 bridgehead atoms. The molecule has 0 aromatic heterocycles. The Balaban J connectivity index is 2.18. The summed E-state index contributed by atoms with van der Waals surface area (Å²) in [5.41, 5.74) is 0.00592. The fourth-order valence-electron chi connectivity index (χ4n) is 2.09. The Bertz CT molecular complexity index is 857.